The predicted octanol–water partition coefficient (Wildman–Crippen LogP) is 3.49. The van der Waals surface area contributed by atoms with Gasteiger partial charge in [-0.25, -0.2) is 0 Å². The van der Waals surface area contributed by atoms with Crippen LogP contribution in [-0.4, -0.2) is 23.3 Å². The van der Waals surface area contributed by atoms with Crippen molar-refractivity contribution in [3.63, 3.8) is 0 Å². The highest BCUT2D eigenvalue weighted by molar-refractivity contribution is 5.85. The molecule has 3 rings (SSSR count). The van der Waals surface area contributed by atoms with Crippen LogP contribution in [0.1, 0.15) is 13.8 Å². The smallest absolute Gasteiger partial charge is 0.190 e. The molecule has 2 aromatic heterocycles. The Morgan fingerprint density at radius 2 is 2.00 bits per heavy atom. The molecule has 5 heteroatoms. The van der Waals surface area contributed by atoms with Gasteiger partial charge in [-0.15, -0.1) is 0 Å². The van der Waals surface area contributed by atoms with E-state index < -0.39 is 0 Å². The molecule has 0 amide bonds. The number of pyridine rings is 2. The van der Waals surface area contributed by atoms with Crippen LogP contribution in [-0.2, 0) is 6.54 Å². The van der Waals surface area contributed by atoms with Crippen LogP contribution >= 0.6 is 0 Å². The minimum absolute atomic E-state index is 0.0464. The number of hydrogen-bond donors (Lipinski definition) is 0. The fourth-order valence-corrected chi connectivity index (χ4v) is 2.90. The Bertz CT molecular complexity index is 917. The van der Waals surface area contributed by atoms with Crippen LogP contribution in [0.4, 0.5) is 0 Å². The normalized spacial score (nSPS) is 10.8. The van der Waals surface area contributed by atoms with Gasteiger partial charge in [0.05, 0.1) is 24.9 Å². The highest BCUT2D eigenvalue weighted by Crippen LogP contribution is 2.33. The first-order chi connectivity index (χ1) is 11.7. The first-order valence-corrected chi connectivity index (χ1v) is 7.98. The highest BCUT2D eigenvalue weighted by Gasteiger charge is 2.14. The van der Waals surface area contributed by atoms with E-state index >= 15 is 0 Å². The molecule has 5 nitrogen and oxygen atoms in total. The van der Waals surface area contributed by atoms with Crippen molar-refractivity contribution < 1.29 is 9.47 Å². The molecule has 0 atom stereocenters. The van der Waals surface area contributed by atoms with Gasteiger partial charge in [0, 0.05) is 42.0 Å². The summed E-state index contributed by atoms with van der Waals surface area (Å²) in [5.41, 5.74) is 2.53. The molecule has 0 unspecified atom stereocenters. The molecule has 0 N–H and O–H groups in total. The molecule has 0 aliphatic rings. The molecule has 0 aliphatic carbocycles. The maximum absolute atomic E-state index is 12.6. The Morgan fingerprint density at radius 3 is 2.62 bits per heavy atom. The van der Waals surface area contributed by atoms with Crippen LogP contribution in [0.5, 0.6) is 11.5 Å². The second-order valence-corrected chi connectivity index (χ2v) is 5.33. The Hall–Kier alpha value is -2.82. The lowest BCUT2D eigenvalue weighted by molar-refractivity contribution is 0.311. The Morgan fingerprint density at radius 1 is 1.17 bits per heavy atom. The zero-order valence-electron chi connectivity index (χ0n) is 14.1. The van der Waals surface area contributed by atoms with Gasteiger partial charge in [0.1, 0.15) is 0 Å². The fourth-order valence-electron chi connectivity index (χ4n) is 2.90. The fraction of sp³-hybridized carbons (Fsp3) is 0.263. The number of nitrogens with zero attached hydrogens (tertiary/aromatic N) is 2. The van der Waals surface area contributed by atoms with E-state index in [1.165, 1.54) is 0 Å². The van der Waals surface area contributed by atoms with Gasteiger partial charge in [-0.05, 0) is 32.0 Å². The summed E-state index contributed by atoms with van der Waals surface area (Å²) in [6.07, 6.45) is 3.48. The number of ether oxygens (including phenoxy) is 2. The average molecular weight is 324 g/mol. The summed E-state index contributed by atoms with van der Waals surface area (Å²) >= 11 is 0. The predicted molar refractivity (Wildman–Crippen MR) is 94.8 cm³/mol. The van der Waals surface area contributed by atoms with E-state index in [1.54, 1.807) is 31.6 Å². The molecule has 2 heterocycles. The van der Waals surface area contributed by atoms with E-state index in [0.29, 0.717) is 23.5 Å². The van der Waals surface area contributed by atoms with Crippen molar-refractivity contribution in [2.45, 2.75) is 20.4 Å². The first kappa shape index (κ1) is 16.1. The SMILES string of the molecule is CCOc1cc2c(cc1OC)c(=O)cc(-c1cccnc1)n2CC. The maximum Gasteiger partial charge on any atom is 0.190 e. The number of rotatable bonds is 5. The molecule has 0 spiro atoms. The minimum atomic E-state index is -0.0464. The average Bonchev–Trinajstić information content (AvgIpc) is 2.62. The molecule has 124 valence electrons. The molecular weight excluding hydrogens is 304 g/mol. The summed E-state index contributed by atoms with van der Waals surface area (Å²) in [6, 6.07) is 9.10. The molecule has 0 bridgehead atoms. The van der Waals surface area contributed by atoms with E-state index in [1.807, 2.05) is 32.0 Å². The molecule has 3 aromatic rings. The molecule has 1 aromatic carbocycles. The van der Waals surface area contributed by atoms with E-state index in [9.17, 15) is 4.79 Å². The topological polar surface area (TPSA) is 53.4 Å². The minimum Gasteiger partial charge on any atom is -0.493 e. The van der Waals surface area contributed by atoms with Crippen molar-refractivity contribution in [3.05, 3.63) is 52.9 Å². The van der Waals surface area contributed by atoms with E-state index in [4.69, 9.17) is 9.47 Å². The van der Waals surface area contributed by atoms with Gasteiger partial charge in [-0.1, -0.05) is 0 Å². The lowest BCUT2D eigenvalue weighted by Crippen LogP contribution is -2.12. The van der Waals surface area contributed by atoms with Crippen LogP contribution in [0.2, 0.25) is 0 Å². The van der Waals surface area contributed by atoms with Crippen molar-refractivity contribution in [2.75, 3.05) is 13.7 Å². The van der Waals surface area contributed by atoms with E-state index in [2.05, 4.69) is 9.55 Å². The number of hydrogen-bond acceptors (Lipinski definition) is 4. The second-order valence-electron chi connectivity index (χ2n) is 5.33. The summed E-state index contributed by atoms with van der Waals surface area (Å²) < 4.78 is 13.1. The quantitative estimate of drug-likeness (QED) is 0.721. The molecule has 0 fully saturated rings. The Kier molecular flexibility index (Phi) is 4.51. The number of aryl methyl sites for hydroxylation is 1. The summed E-state index contributed by atoms with van der Waals surface area (Å²) in [6.45, 7) is 5.22. The molecule has 0 saturated heterocycles. The van der Waals surface area contributed by atoms with Crippen LogP contribution in [0, 0.1) is 0 Å². The van der Waals surface area contributed by atoms with Crippen LogP contribution in [0.3, 0.4) is 0 Å². The molecular formula is C19H20N2O3. The maximum atomic E-state index is 12.6. The zero-order chi connectivity index (χ0) is 17.1. The Labute approximate surface area is 140 Å². The Balaban J connectivity index is 2.36. The van der Waals surface area contributed by atoms with Gasteiger partial charge in [0.25, 0.3) is 0 Å². The largest absolute Gasteiger partial charge is 0.493 e. The monoisotopic (exact) mass is 324 g/mol. The van der Waals surface area contributed by atoms with Crippen molar-refractivity contribution >= 4 is 10.9 Å². The van der Waals surface area contributed by atoms with Crippen molar-refractivity contribution in [2.24, 2.45) is 0 Å². The zero-order valence-corrected chi connectivity index (χ0v) is 14.1. The van der Waals surface area contributed by atoms with E-state index in [-0.39, 0.29) is 5.43 Å². The first-order valence-electron chi connectivity index (χ1n) is 7.98. The molecule has 0 saturated carbocycles. The van der Waals surface area contributed by atoms with Crippen LogP contribution < -0.4 is 14.9 Å². The number of benzene rings is 1. The molecule has 24 heavy (non-hydrogen) atoms. The van der Waals surface area contributed by atoms with Gasteiger partial charge in [-0.2, -0.15) is 0 Å². The number of aromatic nitrogens is 2. The van der Waals surface area contributed by atoms with Gasteiger partial charge in [0.2, 0.25) is 0 Å². The number of fused-ring (bicyclic) bond motifs is 1. The summed E-state index contributed by atoms with van der Waals surface area (Å²) in [4.78, 5) is 16.8. The van der Waals surface area contributed by atoms with Crippen molar-refractivity contribution in [1.29, 1.82) is 0 Å². The van der Waals surface area contributed by atoms with Gasteiger partial charge >= 0.3 is 0 Å². The highest BCUT2D eigenvalue weighted by atomic mass is 16.5. The lowest BCUT2D eigenvalue weighted by Gasteiger charge is -2.17. The standard InChI is InChI=1S/C19H20N2O3/c1-4-21-15(13-7-6-8-20-12-13)10-17(22)14-9-18(23-3)19(24-5-2)11-16(14)21/h6-12H,4-5H2,1-3H3. The molecule has 0 radical (unpaired) electrons. The van der Waals surface area contributed by atoms with Crippen LogP contribution in [0.25, 0.3) is 22.2 Å². The van der Waals surface area contributed by atoms with Crippen LogP contribution in [0.15, 0.2) is 47.5 Å². The van der Waals surface area contributed by atoms with Gasteiger partial charge in [-0.3, -0.25) is 9.78 Å². The summed E-state index contributed by atoms with van der Waals surface area (Å²) in [5, 5.41) is 0.616. The third-order valence-corrected chi connectivity index (χ3v) is 3.97. The van der Waals surface area contributed by atoms with Crippen molar-refractivity contribution in [3.8, 4) is 22.8 Å². The molecule has 0 aliphatic heterocycles. The third-order valence-electron chi connectivity index (χ3n) is 3.97. The lowest BCUT2D eigenvalue weighted by atomic mass is 10.1. The summed E-state index contributed by atoms with van der Waals surface area (Å²) in [7, 11) is 1.58. The van der Waals surface area contributed by atoms with Crippen molar-refractivity contribution in [1.82, 2.24) is 9.55 Å². The second kappa shape index (κ2) is 6.74. The van der Waals surface area contributed by atoms with Gasteiger partial charge in [0.15, 0.2) is 16.9 Å². The number of methoxy groups -OCH3 is 1. The third kappa shape index (κ3) is 2.73. The van der Waals surface area contributed by atoms with E-state index in [0.717, 1.165) is 23.3 Å². The van der Waals surface area contributed by atoms with Gasteiger partial charge < -0.3 is 14.0 Å². The summed E-state index contributed by atoms with van der Waals surface area (Å²) in [5.74, 6) is 1.20.